The second-order valence-corrected chi connectivity index (χ2v) is 6.86. The van der Waals surface area contributed by atoms with Gasteiger partial charge in [0, 0.05) is 18.3 Å². The molecule has 20 heavy (non-hydrogen) atoms. The second-order valence-electron chi connectivity index (χ2n) is 6.86. The fourth-order valence-electron chi connectivity index (χ4n) is 2.89. The Morgan fingerprint density at radius 3 is 1.65 bits per heavy atom. The number of hydrogen-bond acceptors (Lipinski definition) is 1. The zero-order valence-corrected chi connectivity index (χ0v) is 14.7. The molecule has 0 N–H and O–H groups in total. The number of nitrogens with zero attached hydrogens (tertiary/aromatic N) is 1. The van der Waals surface area contributed by atoms with Crippen molar-refractivity contribution in [3.05, 3.63) is 29.3 Å². The lowest BCUT2D eigenvalue weighted by atomic mass is 9.87. The van der Waals surface area contributed by atoms with Gasteiger partial charge in [0.1, 0.15) is 0 Å². The fraction of sp³-hybridized carbons (Fsp3) is 0.684. The predicted molar refractivity (Wildman–Crippen MR) is 92.0 cm³/mol. The lowest BCUT2D eigenvalue weighted by Gasteiger charge is -2.42. The maximum absolute atomic E-state index is 2.54. The summed E-state index contributed by atoms with van der Waals surface area (Å²) in [7, 11) is 2.28. The maximum Gasteiger partial charge on any atom is 0.0438 e. The Labute approximate surface area is 126 Å². The molecular weight excluding hydrogens is 242 g/mol. The summed E-state index contributed by atoms with van der Waals surface area (Å²) in [5.74, 6) is 1.12. The van der Waals surface area contributed by atoms with E-state index in [9.17, 15) is 0 Å². The summed E-state index contributed by atoms with van der Waals surface area (Å²) in [5, 5.41) is 0. The zero-order valence-electron chi connectivity index (χ0n) is 14.7. The quantitative estimate of drug-likeness (QED) is 0.620. The van der Waals surface area contributed by atoms with Crippen molar-refractivity contribution < 1.29 is 0 Å². The van der Waals surface area contributed by atoms with Crippen molar-refractivity contribution >= 4 is 5.69 Å². The highest BCUT2D eigenvalue weighted by molar-refractivity contribution is 5.63. The van der Waals surface area contributed by atoms with Gasteiger partial charge >= 0.3 is 0 Å². The number of hydrogen-bond donors (Lipinski definition) is 0. The van der Waals surface area contributed by atoms with Crippen LogP contribution in [0.4, 0.5) is 5.69 Å². The number of anilines is 1. The van der Waals surface area contributed by atoms with Crippen molar-refractivity contribution in [2.45, 2.75) is 78.7 Å². The summed E-state index contributed by atoms with van der Waals surface area (Å²) >= 11 is 0. The van der Waals surface area contributed by atoms with Crippen LogP contribution in [0.15, 0.2) is 18.2 Å². The minimum atomic E-state index is 0.231. The van der Waals surface area contributed by atoms with Crippen molar-refractivity contribution in [2.24, 2.45) is 0 Å². The Balaban J connectivity index is 3.47. The molecule has 1 rings (SSSR count). The lowest BCUT2D eigenvalue weighted by molar-refractivity contribution is 0.411. The Bertz CT molecular complexity index is 401. The van der Waals surface area contributed by atoms with Gasteiger partial charge in [-0.2, -0.15) is 0 Å². The summed E-state index contributed by atoms with van der Waals surface area (Å²) in [6.45, 7) is 16.2. The third kappa shape index (κ3) is 3.19. The molecule has 1 nitrogen and oxygen atoms in total. The minimum absolute atomic E-state index is 0.231. The van der Waals surface area contributed by atoms with Gasteiger partial charge in [-0.1, -0.05) is 59.7 Å². The molecule has 0 aliphatic heterocycles. The van der Waals surface area contributed by atoms with Gasteiger partial charge in [0.05, 0.1) is 0 Å². The molecule has 0 saturated carbocycles. The van der Waals surface area contributed by atoms with E-state index in [4.69, 9.17) is 0 Å². The third-order valence-electron chi connectivity index (χ3n) is 5.01. The molecule has 0 atom stereocenters. The van der Waals surface area contributed by atoms with E-state index < -0.39 is 0 Å². The average Bonchev–Trinajstić information content (AvgIpc) is 2.44. The van der Waals surface area contributed by atoms with Crippen molar-refractivity contribution in [3.63, 3.8) is 0 Å². The van der Waals surface area contributed by atoms with Gasteiger partial charge in [0.25, 0.3) is 0 Å². The van der Waals surface area contributed by atoms with Crippen molar-refractivity contribution in [3.8, 4) is 0 Å². The second kappa shape index (κ2) is 6.65. The highest BCUT2D eigenvalue weighted by Crippen LogP contribution is 2.39. The van der Waals surface area contributed by atoms with E-state index in [2.05, 4.69) is 78.6 Å². The summed E-state index contributed by atoms with van der Waals surface area (Å²) in [5.41, 5.74) is 4.65. The van der Waals surface area contributed by atoms with Crippen molar-refractivity contribution in [2.75, 3.05) is 11.9 Å². The minimum Gasteiger partial charge on any atom is -0.369 e. The molecule has 0 fully saturated rings. The maximum atomic E-state index is 2.54. The van der Waals surface area contributed by atoms with Crippen LogP contribution in [0.1, 0.15) is 84.3 Å². The Kier molecular flexibility index (Phi) is 5.68. The molecule has 0 unspecified atom stereocenters. The average molecular weight is 275 g/mol. The van der Waals surface area contributed by atoms with Crippen LogP contribution in [0.5, 0.6) is 0 Å². The first-order valence-corrected chi connectivity index (χ1v) is 8.15. The molecular formula is C19H33N. The van der Waals surface area contributed by atoms with Gasteiger partial charge in [0.15, 0.2) is 0 Å². The SMILES string of the molecule is CCC(C)(CC)N(C)c1c(C(C)C)cccc1C(C)C. The van der Waals surface area contributed by atoms with Gasteiger partial charge in [-0.3, -0.25) is 0 Å². The zero-order chi connectivity index (χ0) is 15.5. The number of benzene rings is 1. The molecule has 0 aliphatic carbocycles. The van der Waals surface area contributed by atoms with Crippen LogP contribution in [0.3, 0.4) is 0 Å². The van der Waals surface area contributed by atoms with Gasteiger partial charge in [-0.25, -0.2) is 0 Å². The molecule has 114 valence electrons. The van der Waals surface area contributed by atoms with Gasteiger partial charge in [-0.05, 0) is 42.7 Å². The third-order valence-corrected chi connectivity index (χ3v) is 5.01. The molecule has 0 heterocycles. The van der Waals surface area contributed by atoms with Crippen molar-refractivity contribution in [1.82, 2.24) is 0 Å². The number of para-hydroxylation sites is 1. The summed E-state index contributed by atoms with van der Waals surface area (Å²) in [6.07, 6.45) is 2.34. The van der Waals surface area contributed by atoms with Crippen LogP contribution in [0, 0.1) is 0 Å². The Morgan fingerprint density at radius 2 is 1.35 bits per heavy atom. The summed E-state index contributed by atoms with van der Waals surface area (Å²) < 4.78 is 0. The van der Waals surface area contributed by atoms with Crippen LogP contribution in [0.25, 0.3) is 0 Å². The molecule has 0 radical (unpaired) electrons. The number of rotatable bonds is 6. The molecule has 0 amide bonds. The van der Waals surface area contributed by atoms with E-state index in [1.54, 1.807) is 0 Å². The summed E-state index contributed by atoms with van der Waals surface area (Å²) in [6, 6.07) is 6.82. The highest BCUT2D eigenvalue weighted by Gasteiger charge is 2.29. The first-order valence-electron chi connectivity index (χ1n) is 8.15. The van der Waals surface area contributed by atoms with E-state index >= 15 is 0 Å². The van der Waals surface area contributed by atoms with E-state index in [0.29, 0.717) is 11.8 Å². The molecule has 1 heteroatoms. The fourth-order valence-corrected chi connectivity index (χ4v) is 2.89. The predicted octanol–water partition coefficient (Wildman–Crippen LogP) is 5.95. The molecule has 1 aromatic rings. The summed E-state index contributed by atoms with van der Waals surface area (Å²) in [4.78, 5) is 2.54. The standard InChI is InChI=1S/C19H33N/c1-9-19(7,10-2)20(8)18-16(14(3)4)12-11-13-17(18)15(5)6/h11-15H,9-10H2,1-8H3. The normalized spacial score (nSPS) is 12.3. The lowest BCUT2D eigenvalue weighted by Crippen LogP contribution is -2.44. The molecule has 0 spiro atoms. The van der Waals surface area contributed by atoms with Gasteiger partial charge in [-0.15, -0.1) is 0 Å². The first-order chi connectivity index (χ1) is 9.28. The highest BCUT2D eigenvalue weighted by atomic mass is 15.2. The van der Waals surface area contributed by atoms with Crippen LogP contribution >= 0.6 is 0 Å². The first kappa shape index (κ1) is 17.1. The van der Waals surface area contributed by atoms with E-state index in [1.165, 1.54) is 29.7 Å². The van der Waals surface area contributed by atoms with E-state index in [1.807, 2.05) is 0 Å². The molecule has 0 aliphatic rings. The van der Waals surface area contributed by atoms with E-state index in [0.717, 1.165) is 0 Å². The van der Waals surface area contributed by atoms with Crippen LogP contribution < -0.4 is 4.90 Å². The molecule has 0 saturated heterocycles. The topological polar surface area (TPSA) is 3.24 Å². The Morgan fingerprint density at radius 1 is 0.950 bits per heavy atom. The smallest absolute Gasteiger partial charge is 0.0438 e. The largest absolute Gasteiger partial charge is 0.369 e. The Hall–Kier alpha value is -0.980. The van der Waals surface area contributed by atoms with Crippen LogP contribution in [-0.2, 0) is 0 Å². The molecule has 1 aromatic carbocycles. The van der Waals surface area contributed by atoms with E-state index in [-0.39, 0.29) is 5.54 Å². The van der Waals surface area contributed by atoms with Gasteiger partial charge in [0.2, 0.25) is 0 Å². The molecule has 0 bridgehead atoms. The van der Waals surface area contributed by atoms with Crippen molar-refractivity contribution in [1.29, 1.82) is 0 Å². The van der Waals surface area contributed by atoms with Gasteiger partial charge < -0.3 is 4.90 Å². The van der Waals surface area contributed by atoms with Crippen LogP contribution in [0.2, 0.25) is 0 Å². The van der Waals surface area contributed by atoms with Crippen LogP contribution in [-0.4, -0.2) is 12.6 Å². The monoisotopic (exact) mass is 275 g/mol. The molecule has 0 aromatic heterocycles.